The van der Waals surface area contributed by atoms with E-state index in [1.54, 1.807) is 12.1 Å². The van der Waals surface area contributed by atoms with Crippen molar-refractivity contribution in [1.82, 2.24) is 10.2 Å². The molecule has 1 aromatic heterocycles. The number of benzene rings is 2. The van der Waals surface area contributed by atoms with E-state index < -0.39 is 0 Å². The summed E-state index contributed by atoms with van der Waals surface area (Å²) in [5.41, 5.74) is 14.6. The van der Waals surface area contributed by atoms with Gasteiger partial charge in [0.2, 0.25) is 0 Å². The highest BCUT2D eigenvalue weighted by atomic mass is 16.5. The molecule has 1 fully saturated rings. The highest BCUT2D eigenvalue weighted by molar-refractivity contribution is 5.74. The van der Waals surface area contributed by atoms with Crippen molar-refractivity contribution in [2.45, 2.75) is 18.9 Å². The van der Waals surface area contributed by atoms with Crippen LogP contribution in [0.3, 0.4) is 0 Å². The number of aromatic nitrogens is 2. The summed E-state index contributed by atoms with van der Waals surface area (Å²) >= 11 is 0. The molecule has 4 rings (SSSR count). The molecule has 2 aromatic carbocycles. The quantitative estimate of drug-likeness (QED) is 0.599. The van der Waals surface area contributed by atoms with Crippen LogP contribution < -0.4 is 21.1 Å². The predicted octanol–water partition coefficient (Wildman–Crippen LogP) is 3.06. The highest BCUT2D eigenvalue weighted by Crippen LogP contribution is 2.32. The van der Waals surface area contributed by atoms with E-state index in [-0.39, 0.29) is 11.9 Å². The van der Waals surface area contributed by atoms with Gasteiger partial charge in [0, 0.05) is 37.2 Å². The van der Waals surface area contributed by atoms with Crippen molar-refractivity contribution in [2.75, 3.05) is 29.5 Å². The van der Waals surface area contributed by atoms with E-state index in [0.29, 0.717) is 17.1 Å². The molecule has 1 aliphatic rings. The number of hydrogen-bond donors (Lipinski definition) is 3. The molecule has 2 heterocycles. The van der Waals surface area contributed by atoms with Gasteiger partial charge in [-0.05, 0) is 42.5 Å². The molecular formula is C21H23N5O2. The zero-order chi connectivity index (χ0) is 19.5. The van der Waals surface area contributed by atoms with Gasteiger partial charge in [0.25, 0.3) is 0 Å². The molecule has 7 heteroatoms. The number of anilines is 3. The normalized spacial score (nSPS) is 14.8. The first-order chi connectivity index (χ1) is 13.6. The summed E-state index contributed by atoms with van der Waals surface area (Å²) in [5, 5.41) is 18.3. The summed E-state index contributed by atoms with van der Waals surface area (Å²) < 4.78 is 6.06. The van der Waals surface area contributed by atoms with Gasteiger partial charge in [0.05, 0.1) is 11.4 Å². The minimum Gasteiger partial charge on any atom is -0.507 e. The van der Waals surface area contributed by atoms with Crippen LogP contribution in [0.15, 0.2) is 54.6 Å². The van der Waals surface area contributed by atoms with E-state index in [9.17, 15) is 5.11 Å². The number of nitrogens with zero attached hydrogens (tertiary/aromatic N) is 3. The summed E-state index contributed by atoms with van der Waals surface area (Å²) in [6, 6.07) is 16.4. The molecule has 1 aliphatic heterocycles. The van der Waals surface area contributed by atoms with Crippen LogP contribution in [-0.4, -0.2) is 34.5 Å². The Morgan fingerprint density at radius 2 is 1.68 bits per heavy atom. The van der Waals surface area contributed by atoms with Crippen LogP contribution in [0, 0.1) is 0 Å². The standard InChI is InChI=1S/C21H23N5O2/c22-14-5-7-15(8-6-14)28-16-9-11-26(12-10-16)19-13-18(24-25-21(19)23)17-3-1-2-4-20(17)27/h1-8,13,16,27H,9-12,22H2,(H2,23,25). The summed E-state index contributed by atoms with van der Waals surface area (Å²) in [6.07, 6.45) is 1.89. The second kappa shape index (κ2) is 7.64. The van der Waals surface area contributed by atoms with Gasteiger partial charge in [-0.25, -0.2) is 0 Å². The van der Waals surface area contributed by atoms with Crippen LogP contribution in [0.4, 0.5) is 17.2 Å². The molecule has 0 aliphatic carbocycles. The molecule has 0 atom stereocenters. The number of phenolic OH excluding ortho intramolecular Hbond substituents is 1. The number of para-hydroxylation sites is 1. The van der Waals surface area contributed by atoms with E-state index in [4.69, 9.17) is 16.2 Å². The topological polar surface area (TPSA) is 111 Å². The van der Waals surface area contributed by atoms with Crippen LogP contribution in [0.1, 0.15) is 12.8 Å². The van der Waals surface area contributed by atoms with Crippen molar-refractivity contribution in [1.29, 1.82) is 0 Å². The Balaban J connectivity index is 1.46. The van der Waals surface area contributed by atoms with Crippen LogP contribution in [-0.2, 0) is 0 Å². The molecule has 1 saturated heterocycles. The largest absolute Gasteiger partial charge is 0.507 e. The number of rotatable bonds is 4. The van der Waals surface area contributed by atoms with Crippen LogP contribution in [0.2, 0.25) is 0 Å². The van der Waals surface area contributed by atoms with Crippen LogP contribution in [0.5, 0.6) is 11.5 Å². The maximum absolute atomic E-state index is 10.1. The van der Waals surface area contributed by atoms with Gasteiger partial charge < -0.3 is 26.2 Å². The number of hydrogen-bond acceptors (Lipinski definition) is 7. The molecule has 0 bridgehead atoms. The van der Waals surface area contributed by atoms with Crippen molar-refractivity contribution in [3.8, 4) is 22.8 Å². The van der Waals surface area contributed by atoms with Gasteiger partial charge >= 0.3 is 0 Å². The van der Waals surface area contributed by atoms with Gasteiger partial charge in [-0.15, -0.1) is 10.2 Å². The van der Waals surface area contributed by atoms with Gasteiger partial charge in [0.1, 0.15) is 17.6 Å². The second-order valence-electron chi connectivity index (χ2n) is 6.89. The van der Waals surface area contributed by atoms with E-state index in [1.165, 1.54) is 0 Å². The molecular weight excluding hydrogens is 354 g/mol. The lowest BCUT2D eigenvalue weighted by atomic mass is 10.1. The summed E-state index contributed by atoms with van der Waals surface area (Å²) in [7, 11) is 0. The van der Waals surface area contributed by atoms with Crippen molar-refractivity contribution >= 4 is 17.2 Å². The number of nitrogens with two attached hydrogens (primary N) is 2. The molecule has 7 nitrogen and oxygen atoms in total. The molecule has 28 heavy (non-hydrogen) atoms. The average molecular weight is 377 g/mol. The fraction of sp³-hybridized carbons (Fsp3) is 0.238. The summed E-state index contributed by atoms with van der Waals surface area (Å²) in [6.45, 7) is 1.60. The van der Waals surface area contributed by atoms with E-state index in [1.807, 2.05) is 42.5 Å². The Hall–Kier alpha value is -3.48. The Morgan fingerprint density at radius 3 is 2.39 bits per heavy atom. The first-order valence-electron chi connectivity index (χ1n) is 9.29. The molecule has 0 spiro atoms. The van der Waals surface area contributed by atoms with Gasteiger partial charge in [-0.1, -0.05) is 12.1 Å². The lowest BCUT2D eigenvalue weighted by Gasteiger charge is -2.34. The first-order valence-corrected chi connectivity index (χ1v) is 9.29. The van der Waals surface area contributed by atoms with Crippen molar-refractivity contribution in [2.24, 2.45) is 0 Å². The van der Waals surface area contributed by atoms with E-state index in [0.717, 1.165) is 43.1 Å². The number of phenols is 1. The van der Waals surface area contributed by atoms with Gasteiger partial charge in [0.15, 0.2) is 5.82 Å². The van der Waals surface area contributed by atoms with E-state index >= 15 is 0 Å². The van der Waals surface area contributed by atoms with Crippen molar-refractivity contribution < 1.29 is 9.84 Å². The molecule has 0 radical (unpaired) electrons. The summed E-state index contributed by atoms with van der Waals surface area (Å²) in [4.78, 5) is 2.19. The lowest BCUT2D eigenvalue weighted by Crippen LogP contribution is -2.38. The van der Waals surface area contributed by atoms with Gasteiger partial charge in [-0.2, -0.15) is 0 Å². The maximum Gasteiger partial charge on any atom is 0.169 e. The molecule has 0 saturated carbocycles. The third kappa shape index (κ3) is 3.78. The zero-order valence-corrected chi connectivity index (χ0v) is 15.5. The molecule has 144 valence electrons. The Bertz CT molecular complexity index is 953. The number of nitrogen functional groups attached to an aromatic ring is 2. The zero-order valence-electron chi connectivity index (χ0n) is 15.5. The fourth-order valence-electron chi connectivity index (χ4n) is 3.42. The van der Waals surface area contributed by atoms with Crippen molar-refractivity contribution in [3.05, 3.63) is 54.6 Å². The SMILES string of the molecule is Nc1ccc(OC2CCN(c3cc(-c4ccccc4O)nnc3N)CC2)cc1. The van der Waals surface area contributed by atoms with Crippen LogP contribution >= 0.6 is 0 Å². The fourth-order valence-corrected chi connectivity index (χ4v) is 3.42. The van der Waals surface area contributed by atoms with E-state index in [2.05, 4.69) is 15.1 Å². The molecule has 0 amide bonds. The number of ether oxygens (including phenoxy) is 1. The third-order valence-electron chi connectivity index (χ3n) is 4.95. The smallest absolute Gasteiger partial charge is 0.169 e. The molecule has 3 aromatic rings. The first kappa shape index (κ1) is 17.9. The number of aromatic hydroxyl groups is 1. The average Bonchev–Trinajstić information content (AvgIpc) is 2.71. The minimum atomic E-state index is 0.147. The Labute approximate surface area is 163 Å². The van der Waals surface area contributed by atoms with Gasteiger partial charge in [-0.3, -0.25) is 0 Å². The van der Waals surface area contributed by atoms with Crippen molar-refractivity contribution in [3.63, 3.8) is 0 Å². The minimum absolute atomic E-state index is 0.147. The second-order valence-corrected chi connectivity index (χ2v) is 6.89. The third-order valence-corrected chi connectivity index (χ3v) is 4.95. The maximum atomic E-state index is 10.1. The molecule has 0 unspecified atom stereocenters. The summed E-state index contributed by atoms with van der Waals surface area (Å²) in [5.74, 6) is 1.39. The number of piperidine rings is 1. The monoisotopic (exact) mass is 377 g/mol. The molecule has 5 N–H and O–H groups in total. The Kier molecular flexibility index (Phi) is 4.89. The van der Waals surface area contributed by atoms with Crippen LogP contribution in [0.25, 0.3) is 11.3 Å². The lowest BCUT2D eigenvalue weighted by molar-refractivity contribution is 0.171. The predicted molar refractivity (Wildman–Crippen MR) is 110 cm³/mol. The Morgan fingerprint density at radius 1 is 0.964 bits per heavy atom. The highest BCUT2D eigenvalue weighted by Gasteiger charge is 2.23.